The van der Waals surface area contributed by atoms with Crippen LogP contribution in [0.4, 0.5) is 0 Å². The number of ether oxygens (including phenoxy) is 1. The molecule has 0 aromatic heterocycles. The van der Waals surface area contributed by atoms with Gasteiger partial charge in [0.15, 0.2) is 0 Å². The highest BCUT2D eigenvalue weighted by atomic mass is 79.9. The van der Waals surface area contributed by atoms with E-state index >= 15 is 0 Å². The summed E-state index contributed by atoms with van der Waals surface area (Å²) < 4.78 is 7.46. The summed E-state index contributed by atoms with van der Waals surface area (Å²) in [6.45, 7) is 4.58. The molecule has 1 heterocycles. The van der Waals surface area contributed by atoms with Gasteiger partial charge in [-0.05, 0) is 41.5 Å². The second kappa shape index (κ2) is 8.66. The first-order valence-electron chi connectivity index (χ1n) is 7.90. The SMILES string of the molecule is C=CCN1C(=O)C(=Cc2cccc(OCc3ccc(Br)cc3)c2)SC1=S. The van der Waals surface area contributed by atoms with Gasteiger partial charge in [0.05, 0.1) is 4.91 Å². The first-order chi connectivity index (χ1) is 12.6. The Labute approximate surface area is 170 Å². The van der Waals surface area contributed by atoms with Gasteiger partial charge in [-0.2, -0.15) is 0 Å². The Hall–Kier alpha value is -1.89. The van der Waals surface area contributed by atoms with Crippen LogP contribution in [0.2, 0.25) is 0 Å². The van der Waals surface area contributed by atoms with E-state index in [1.54, 1.807) is 11.0 Å². The van der Waals surface area contributed by atoms with Crippen molar-refractivity contribution in [1.29, 1.82) is 0 Å². The van der Waals surface area contributed by atoms with Crippen LogP contribution in [0.1, 0.15) is 11.1 Å². The first-order valence-corrected chi connectivity index (χ1v) is 9.92. The topological polar surface area (TPSA) is 29.5 Å². The van der Waals surface area contributed by atoms with Crippen molar-refractivity contribution in [3.63, 3.8) is 0 Å². The van der Waals surface area contributed by atoms with Crippen LogP contribution >= 0.6 is 39.9 Å². The van der Waals surface area contributed by atoms with Crippen molar-refractivity contribution in [3.05, 3.63) is 81.7 Å². The third kappa shape index (κ3) is 4.63. The van der Waals surface area contributed by atoms with Gasteiger partial charge in [0.1, 0.15) is 16.7 Å². The minimum absolute atomic E-state index is 0.0823. The Morgan fingerprint density at radius 2 is 2.00 bits per heavy atom. The standard InChI is InChI=1S/C20H16BrNO2S2/c1-2-10-22-19(23)18(26-20(22)25)12-15-4-3-5-17(11-15)24-13-14-6-8-16(21)9-7-14/h2-9,11-12H,1,10,13H2. The molecule has 132 valence electrons. The molecule has 0 N–H and O–H groups in total. The molecule has 1 aliphatic heterocycles. The van der Waals surface area contributed by atoms with Gasteiger partial charge < -0.3 is 4.74 Å². The number of amides is 1. The van der Waals surface area contributed by atoms with Crippen LogP contribution in [0, 0.1) is 0 Å². The Kier molecular flexibility index (Phi) is 6.29. The lowest BCUT2D eigenvalue weighted by Crippen LogP contribution is -2.27. The monoisotopic (exact) mass is 445 g/mol. The molecule has 0 atom stereocenters. The van der Waals surface area contributed by atoms with Gasteiger partial charge in [0, 0.05) is 11.0 Å². The largest absolute Gasteiger partial charge is 0.489 e. The third-order valence-corrected chi connectivity index (χ3v) is 5.57. The van der Waals surface area contributed by atoms with Gasteiger partial charge in [-0.3, -0.25) is 9.69 Å². The fourth-order valence-electron chi connectivity index (χ4n) is 2.38. The molecule has 3 rings (SSSR count). The maximum atomic E-state index is 12.4. The lowest BCUT2D eigenvalue weighted by atomic mass is 10.2. The van der Waals surface area contributed by atoms with Crippen LogP contribution in [-0.4, -0.2) is 21.7 Å². The van der Waals surface area contributed by atoms with Gasteiger partial charge in [-0.1, -0.05) is 70.3 Å². The molecule has 0 spiro atoms. The Balaban J connectivity index is 1.71. The molecule has 3 nitrogen and oxygen atoms in total. The molecule has 1 fully saturated rings. The molecule has 6 heteroatoms. The number of hydrogen-bond donors (Lipinski definition) is 0. The zero-order chi connectivity index (χ0) is 18.5. The fourth-order valence-corrected chi connectivity index (χ4v) is 3.92. The van der Waals surface area contributed by atoms with Crippen LogP contribution in [0.25, 0.3) is 6.08 Å². The van der Waals surface area contributed by atoms with Crippen molar-refractivity contribution < 1.29 is 9.53 Å². The molecule has 0 radical (unpaired) electrons. The van der Waals surface area contributed by atoms with Crippen molar-refractivity contribution >= 4 is 56.2 Å². The molecular formula is C20H16BrNO2S2. The minimum Gasteiger partial charge on any atom is -0.489 e. The van der Waals surface area contributed by atoms with E-state index in [1.807, 2.05) is 54.6 Å². The van der Waals surface area contributed by atoms with Crippen LogP contribution in [0.5, 0.6) is 5.75 Å². The van der Waals surface area contributed by atoms with E-state index < -0.39 is 0 Å². The lowest BCUT2D eigenvalue weighted by Gasteiger charge is -2.10. The van der Waals surface area contributed by atoms with Crippen molar-refractivity contribution in [2.75, 3.05) is 6.54 Å². The minimum atomic E-state index is -0.0823. The molecule has 2 aromatic carbocycles. The van der Waals surface area contributed by atoms with Crippen LogP contribution in [0.15, 0.2) is 70.6 Å². The average molecular weight is 446 g/mol. The van der Waals surface area contributed by atoms with E-state index in [0.717, 1.165) is 21.3 Å². The van der Waals surface area contributed by atoms with E-state index in [-0.39, 0.29) is 5.91 Å². The average Bonchev–Trinajstić information content (AvgIpc) is 2.89. The highest BCUT2D eigenvalue weighted by Crippen LogP contribution is 2.32. The highest BCUT2D eigenvalue weighted by molar-refractivity contribution is 9.10. The predicted octanol–water partition coefficient (Wildman–Crippen LogP) is 5.42. The van der Waals surface area contributed by atoms with Crippen molar-refractivity contribution in [1.82, 2.24) is 4.90 Å². The summed E-state index contributed by atoms with van der Waals surface area (Å²) in [4.78, 5) is 14.6. The van der Waals surface area contributed by atoms with Crippen molar-refractivity contribution in [2.45, 2.75) is 6.61 Å². The molecule has 2 aromatic rings. The normalized spacial score (nSPS) is 15.6. The number of carbonyl (C=O) groups excluding carboxylic acids is 1. The van der Waals surface area contributed by atoms with E-state index in [2.05, 4.69) is 22.5 Å². The maximum Gasteiger partial charge on any atom is 0.266 e. The molecule has 1 aliphatic rings. The van der Waals surface area contributed by atoms with E-state index in [9.17, 15) is 4.79 Å². The van der Waals surface area contributed by atoms with Gasteiger partial charge in [-0.25, -0.2) is 0 Å². The van der Waals surface area contributed by atoms with Gasteiger partial charge in [-0.15, -0.1) is 6.58 Å². The zero-order valence-corrected chi connectivity index (χ0v) is 17.1. The number of nitrogens with zero attached hydrogens (tertiary/aromatic N) is 1. The van der Waals surface area contributed by atoms with Gasteiger partial charge >= 0.3 is 0 Å². The summed E-state index contributed by atoms with van der Waals surface area (Å²) in [5.41, 5.74) is 1.99. The molecule has 0 bridgehead atoms. The summed E-state index contributed by atoms with van der Waals surface area (Å²) in [6, 6.07) is 15.7. The summed E-state index contributed by atoms with van der Waals surface area (Å²) in [7, 11) is 0. The highest BCUT2D eigenvalue weighted by Gasteiger charge is 2.30. The Bertz CT molecular complexity index is 878. The second-order valence-corrected chi connectivity index (χ2v) is 8.16. The zero-order valence-electron chi connectivity index (χ0n) is 13.9. The Morgan fingerprint density at radius 1 is 1.23 bits per heavy atom. The molecule has 0 saturated carbocycles. The van der Waals surface area contributed by atoms with Crippen LogP contribution in [-0.2, 0) is 11.4 Å². The number of thiocarbonyl (C=S) groups is 1. The molecule has 1 amide bonds. The summed E-state index contributed by atoms with van der Waals surface area (Å²) in [6.07, 6.45) is 3.51. The van der Waals surface area contributed by atoms with Crippen LogP contribution < -0.4 is 4.74 Å². The third-order valence-electron chi connectivity index (χ3n) is 3.66. The number of benzene rings is 2. The number of hydrogen-bond acceptors (Lipinski definition) is 4. The fraction of sp³-hybridized carbons (Fsp3) is 0.100. The van der Waals surface area contributed by atoms with E-state index in [1.165, 1.54) is 11.8 Å². The molecule has 0 aliphatic carbocycles. The first kappa shape index (κ1) is 18.9. The second-order valence-electron chi connectivity index (χ2n) is 5.57. The maximum absolute atomic E-state index is 12.4. The number of halogens is 1. The van der Waals surface area contributed by atoms with E-state index in [0.29, 0.717) is 22.4 Å². The lowest BCUT2D eigenvalue weighted by molar-refractivity contribution is -0.121. The summed E-state index contributed by atoms with van der Waals surface area (Å²) >= 11 is 9.99. The molecule has 0 unspecified atom stereocenters. The summed E-state index contributed by atoms with van der Waals surface area (Å²) in [5.74, 6) is 0.671. The van der Waals surface area contributed by atoms with Crippen molar-refractivity contribution in [2.24, 2.45) is 0 Å². The number of rotatable bonds is 6. The van der Waals surface area contributed by atoms with E-state index in [4.69, 9.17) is 17.0 Å². The van der Waals surface area contributed by atoms with Gasteiger partial charge in [0.25, 0.3) is 5.91 Å². The predicted molar refractivity (Wildman–Crippen MR) is 115 cm³/mol. The Morgan fingerprint density at radius 3 is 2.73 bits per heavy atom. The summed E-state index contributed by atoms with van der Waals surface area (Å²) in [5, 5.41) is 0. The molecular weight excluding hydrogens is 430 g/mol. The smallest absolute Gasteiger partial charge is 0.266 e. The van der Waals surface area contributed by atoms with Crippen LogP contribution in [0.3, 0.4) is 0 Å². The molecule has 1 saturated heterocycles. The number of carbonyl (C=O) groups is 1. The van der Waals surface area contributed by atoms with Gasteiger partial charge in [0.2, 0.25) is 0 Å². The molecule has 26 heavy (non-hydrogen) atoms. The number of thioether (sulfide) groups is 1. The van der Waals surface area contributed by atoms with Crippen molar-refractivity contribution in [3.8, 4) is 5.75 Å². The quantitative estimate of drug-likeness (QED) is 0.337.